The van der Waals surface area contributed by atoms with E-state index < -0.39 is 0 Å². The van der Waals surface area contributed by atoms with Crippen molar-refractivity contribution >= 4 is 29.9 Å². The van der Waals surface area contributed by atoms with Crippen LogP contribution in [-0.4, -0.2) is 47.6 Å². The molecule has 25 heavy (non-hydrogen) atoms. The van der Waals surface area contributed by atoms with E-state index in [2.05, 4.69) is 63.0 Å². The standard InChI is InChI=1S/C19H29N5.HI/c1-4-5-14-23(3)19(20-2)22-12-11-18-21-13-15-24(18)16-17-9-7-6-8-10-17;/h6-10,13,15H,4-5,11-12,14,16H2,1-3H3,(H,20,22);1H. The average molecular weight is 455 g/mol. The van der Waals surface area contributed by atoms with E-state index in [1.807, 2.05) is 25.5 Å². The SMILES string of the molecule is CCCCN(C)C(=NC)NCCc1nccn1Cc1ccccc1.I. The largest absolute Gasteiger partial charge is 0.356 e. The van der Waals surface area contributed by atoms with Gasteiger partial charge >= 0.3 is 0 Å². The van der Waals surface area contributed by atoms with Crippen molar-refractivity contribution in [1.29, 1.82) is 0 Å². The number of benzene rings is 1. The molecule has 1 aromatic carbocycles. The van der Waals surface area contributed by atoms with Crippen LogP contribution in [0.15, 0.2) is 47.7 Å². The molecule has 2 rings (SSSR count). The second kappa shape index (κ2) is 11.9. The highest BCUT2D eigenvalue weighted by atomic mass is 127. The van der Waals surface area contributed by atoms with E-state index in [1.165, 1.54) is 18.4 Å². The molecule has 1 aromatic heterocycles. The van der Waals surface area contributed by atoms with E-state index in [0.29, 0.717) is 0 Å². The fourth-order valence-corrected chi connectivity index (χ4v) is 2.66. The smallest absolute Gasteiger partial charge is 0.193 e. The quantitative estimate of drug-likeness (QED) is 0.377. The molecule has 0 spiro atoms. The maximum atomic E-state index is 4.50. The van der Waals surface area contributed by atoms with Gasteiger partial charge in [0, 0.05) is 52.5 Å². The molecule has 0 fully saturated rings. The Hall–Kier alpha value is -1.57. The number of nitrogens with one attached hydrogen (secondary N) is 1. The summed E-state index contributed by atoms with van der Waals surface area (Å²) < 4.78 is 2.21. The van der Waals surface area contributed by atoms with Crippen LogP contribution in [0.3, 0.4) is 0 Å². The summed E-state index contributed by atoms with van der Waals surface area (Å²) in [6, 6.07) is 10.5. The minimum Gasteiger partial charge on any atom is -0.356 e. The van der Waals surface area contributed by atoms with E-state index in [9.17, 15) is 0 Å². The third kappa shape index (κ3) is 7.05. The zero-order valence-electron chi connectivity index (χ0n) is 15.5. The molecule has 0 bridgehead atoms. The Bertz CT molecular complexity index is 624. The molecule has 0 saturated heterocycles. The van der Waals surface area contributed by atoms with Gasteiger partial charge in [0.05, 0.1) is 0 Å². The summed E-state index contributed by atoms with van der Waals surface area (Å²) >= 11 is 0. The second-order valence-corrected chi connectivity index (χ2v) is 5.96. The Morgan fingerprint density at radius 3 is 2.72 bits per heavy atom. The summed E-state index contributed by atoms with van der Waals surface area (Å²) in [6.45, 7) is 4.92. The highest BCUT2D eigenvalue weighted by Crippen LogP contribution is 2.06. The van der Waals surface area contributed by atoms with Gasteiger partial charge in [-0.3, -0.25) is 4.99 Å². The number of unbranched alkanes of at least 4 members (excludes halogenated alkanes) is 1. The maximum Gasteiger partial charge on any atom is 0.193 e. The molecule has 0 amide bonds. The Labute approximate surface area is 168 Å². The number of rotatable bonds is 8. The number of aromatic nitrogens is 2. The van der Waals surface area contributed by atoms with Crippen LogP contribution in [-0.2, 0) is 13.0 Å². The molecule has 0 aliphatic rings. The van der Waals surface area contributed by atoms with Crippen molar-refractivity contribution in [3.05, 3.63) is 54.1 Å². The Morgan fingerprint density at radius 1 is 1.28 bits per heavy atom. The molecule has 0 saturated carbocycles. The van der Waals surface area contributed by atoms with Crippen molar-refractivity contribution < 1.29 is 0 Å². The van der Waals surface area contributed by atoms with E-state index >= 15 is 0 Å². The number of guanidine groups is 1. The predicted octanol–water partition coefficient (Wildman–Crippen LogP) is 3.40. The van der Waals surface area contributed by atoms with Gasteiger partial charge in [-0.25, -0.2) is 4.98 Å². The first kappa shape index (κ1) is 21.5. The molecule has 5 nitrogen and oxygen atoms in total. The molecule has 0 radical (unpaired) electrons. The fourth-order valence-electron chi connectivity index (χ4n) is 2.66. The molecule has 6 heteroatoms. The van der Waals surface area contributed by atoms with Gasteiger partial charge < -0.3 is 14.8 Å². The zero-order chi connectivity index (χ0) is 17.2. The van der Waals surface area contributed by atoms with Crippen LogP contribution in [0.4, 0.5) is 0 Å². The summed E-state index contributed by atoms with van der Waals surface area (Å²) in [5, 5.41) is 3.43. The second-order valence-electron chi connectivity index (χ2n) is 5.96. The van der Waals surface area contributed by atoms with Gasteiger partial charge in [-0.15, -0.1) is 24.0 Å². The van der Waals surface area contributed by atoms with Gasteiger partial charge in [-0.05, 0) is 12.0 Å². The molecule has 1 N–H and O–H groups in total. The summed E-state index contributed by atoms with van der Waals surface area (Å²) in [5.41, 5.74) is 1.29. The van der Waals surface area contributed by atoms with Crippen LogP contribution in [0.2, 0.25) is 0 Å². The first-order valence-corrected chi connectivity index (χ1v) is 8.70. The van der Waals surface area contributed by atoms with E-state index in [4.69, 9.17) is 0 Å². The Balaban J connectivity index is 0.00000312. The van der Waals surface area contributed by atoms with Crippen molar-refractivity contribution in [2.45, 2.75) is 32.7 Å². The van der Waals surface area contributed by atoms with Crippen molar-refractivity contribution in [2.75, 3.05) is 27.2 Å². The van der Waals surface area contributed by atoms with Crippen molar-refractivity contribution in [2.24, 2.45) is 4.99 Å². The van der Waals surface area contributed by atoms with E-state index in [-0.39, 0.29) is 24.0 Å². The van der Waals surface area contributed by atoms with Gasteiger partial charge in [0.15, 0.2) is 5.96 Å². The number of nitrogens with zero attached hydrogens (tertiary/aromatic N) is 4. The van der Waals surface area contributed by atoms with Crippen LogP contribution in [0.25, 0.3) is 0 Å². The number of halogens is 1. The molecule has 138 valence electrons. The number of hydrogen-bond donors (Lipinski definition) is 1. The first-order valence-electron chi connectivity index (χ1n) is 8.70. The van der Waals surface area contributed by atoms with Crippen LogP contribution < -0.4 is 5.32 Å². The minimum absolute atomic E-state index is 0. The summed E-state index contributed by atoms with van der Waals surface area (Å²) in [7, 11) is 3.92. The Kier molecular flexibility index (Phi) is 10.2. The van der Waals surface area contributed by atoms with Crippen LogP contribution in [0, 0.1) is 0 Å². The first-order chi connectivity index (χ1) is 11.7. The third-order valence-electron chi connectivity index (χ3n) is 4.05. The molecular formula is C19H30IN5. The van der Waals surface area contributed by atoms with Crippen molar-refractivity contribution in [1.82, 2.24) is 19.8 Å². The van der Waals surface area contributed by atoms with Gasteiger partial charge in [0.2, 0.25) is 0 Å². The fraction of sp³-hybridized carbons (Fsp3) is 0.474. The summed E-state index contributed by atoms with van der Waals surface area (Å²) in [6.07, 6.45) is 7.17. The number of hydrogen-bond acceptors (Lipinski definition) is 2. The summed E-state index contributed by atoms with van der Waals surface area (Å²) in [5.74, 6) is 2.04. The molecule has 0 atom stereocenters. The van der Waals surface area contributed by atoms with Crippen molar-refractivity contribution in [3.63, 3.8) is 0 Å². The van der Waals surface area contributed by atoms with E-state index in [1.54, 1.807) is 0 Å². The molecule has 0 unspecified atom stereocenters. The van der Waals surface area contributed by atoms with E-state index in [0.717, 1.165) is 37.8 Å². The summed E-state index contributed by atoms with van der Waals surface area (Å²) in [4.78, 5) is 11.0. The molecule has 0 aliphatic carbocycles. The van der Waals surface area contributed by atoms with Crippen LogP contribution in [0.5, 0.6) is 0 Å². The molecule has 0 aliphatic heterocycles. The van der Waals surface area contributed by atoms with Gasteiger partial charge in [-0.2, -0.15) is 0 Å². The zero-order valence-corrected chi connectivity index (χ0v) is 17.8. The van der Waals surface area contributed by atoms with Crippen molar-refractivity contribution in [3.8, 4) is 0 Å². The van der Waals surface area contributed by atoms with Gasteiger partial charge in [0.25, 0.3) is 0 Å². The molecule has 2 aromatic rings. The monoisotopic (exact) mass is 455 g/mol. The topological polar surface area (TPSA) is 45.4 Å². The lowest BCUT2D eigenvalue weighted by Crippen LogP contribution is -2.40. The normalized spacial score (nSPS) is 11.1. The van der Waals surface area contributed by atoms with Crippen LogP contribution in [0.1, 0.15) is 31.2 Å². The highest BCUT2D eigenvalue weighted by Gasteiger charge is 2.07. The lowest BCUT2D eigenvalue weighted by Gasteiger charge is -2.21. The molecular weight excluding hydrogens is 425 g/mol. The Morgan fingerprint density at radius 2 is 2.04 bits per heavy atom. The third-order valence-corrected chi connectivity index (χ3v) is 4.05. The lowest BCUT2D eigenvalue weighted by molar-refractivity contribution is 0.464. The lowest BCUT2D eigenvalue weighted by atomic mass is 10.2. The number of imidazole rings is 1. The van der Waals surface area contributed by atoms with Gasteiger partial charge in [-0.1, -0.05) is 43.7 Å². The van der Waals surface area contributed by atoms with Gasteiger partial charge in [0.1, 0.15) is 5.82 Å². The minimum atomic E-state index is 0. The molecule has 1 heterocycles. The highest BCUT2D eigenvalue weighted by molar-refractivity contribution is 14.0. The van der Waals surface area contributed by atoms with Crippen LogP contribution >= 0.6 is 24.0 Å². The average Bonchev–Trinajstić information content (AvgIpc) is 3.04. The predicted molar refractivity (Wildman–Crippen MR) is 116 cm³/mol. The maximum absolute atomic E-state index is 4.50. The number of aliphatic imine (C=N–C) groups is 1.